The van der Waals surface area contributed by atoms with Gasteiger partial charge in [0.15, 0.2) is 0 Å². The Morgan fingerprint density at radius 2 is 2.14 bits per heavy atom. The summed E-state index contributed by atoms with van der Waals surface area (Å²) in [6.45, 7) is 8.42. The first-order chi connectivity index (χ1) is 9.99. The smallest absolute Gasteiger partial charge is 0.129 e. The van der Waals surface area contributed by atoms with Crippen molar-refractivity contribution in [2.45, 2.75) is 32.6 Å². The number of hydrogen-bond donors (Lipinski definition) is 0. The molecule has 2 heterocycles. The number of fused-ring (bicyclic) bond motifs is 1. The summed E-state index contributed by atoms with van der Waals surface area (Å²) in [6, 6.07) is 11.0. The zero-order valence-corrected chi connectivity index (χ0v) is 12.9. The lowest BCUT2D eigenvalue weighted by molar-refractivity contribution is 0.596. The van der Waals surface area contributed by atoms with Crippen molar-refractivity contribution in [3.8, 4) is 6.07 Å². The maximum atomic E-state index is 9.03. The van der Waals surface area contributed by atoms with E-state index >= 15 is 0 Å². The molecule has 0 bridgehead atoms. The fourth-order valence-electron chi connectivity index (χ4n) is 3.06. The fourth-order valence-corrected chi connectivity index (χ4v) is 3.06. The highest BCUT2D eigenvalue weighted by atomic mass is 15.2. The van der Waals surface area contributed by atoms with Crippen LogP contribution in [-0.4, -0.2) is 18.1 Å². The van der Waals surface area contributed by atoms with Crippen molar-refractivity contribution in [3.05, 3.63) is 36.0 Å². The zero-order chi connectivity index (χ0) is 15.0. The van der Waals surface area contributed by atoms with Gasteiger partial charge in [-0.1, -0.05) is 39.0 Å². The Bertz CT molecular complexity index is 706. The second kappa shape index (κ2) is 5.04. The number of nitrogens with zero attached hydrogens (tertiary/aromatic N) is 3. The van der Waals surface area contributed by atoms with Crippen LogP contribution in [0, 0.1) is 17.2 Å². The maximum absolute atomic E-state index is 9.03. The van der Waals surface area contributed by atoms with Crippen LogP contribution in [0.5, 0.6) is 0 Å². The first kappa shape index (κ1) is 13.9. The van der Waals surface area contributed by atoms with Crippen molar-refractivity contribution in [2.75, 3.05) is 18.0 Å². The third-order valence-corrected chi connectivity index (χ3v) is 4.25. The molecular formula is C18H21N3. The summed E-state index contributed by atoms with van der Waals surface area (Å²) >= 11 is 0. The average molecular weight is 279 g/mol. The van der Waals surface area contributed by atoms with Crippen LogP contribution in [0.4, 0.5) is 5.82 Å². The molecule has 108 valence electrons. The molecule has 0 N–H and O–H groups in total. The summed E-state index contributed by atoms with van der Waals surface area (Å²) in [5.41, 5.74) is 1.44. The van der Waals surface area contributed by atoms with Crippen molar-refractivity contribution in [1.29, 1.82) is 5.26 Å². The molecule has 1 aromatic carbocycles. The Balaban J connectivity index is 2.01. The molecule has 0 amide bonds. The van der Waals surface area contributed by atoms with E-state index in [0.717, 1.165) is 25.3 Å². The monoisotopic (exact) mass is 279 g/mol. The molecule has 1 fully saturated rings. The first-order valence-electron chi connectivity index (χ1n) is 7.53. The SMILES string of the molecule is CC(C)(C)c1cccc2cc(N3CCC(C#N)C3)ncc12. The summed E-state index contributed by atoms with van der Waals surface area (Å²) in [5.74, 6) is 1.13. The number of benzene rings is 1. The molecule has 1 aliphatic heterocycles. The van der Waals surface area contributed by atoms with Gasteiger partial charge in [-0.15, -0.1) is 0 Å². The van der Waals surface area contributed by atoms with Crippen LogP contribution in [0.25, 0.3) is 10.8 Å². The Morgan fingerprint density at radius 3 is 2.81 bits per heavy atom. The molecule has 3 heteroatoms. The highest BCUT2D eigenvalue weighted by Gasteiger charge is 2.23. The van der Waals surface area contributed by atoms with Crippen molar-refractivity contribution >= 4 is 16.6 Å². The third kappa shape index (κ3) is 2.58. The van der Waals surface area contributed by atoms with Crippen molar-refractivity contribution in [1.82, 2.24) is 4.98 Å². The first-order valence-corrected chi connectivity index (χ1v) is 7.53. The van der Waals surface area contributed by atoms with E-state index < -0.39 is 0 Å². The molecule has 3 rings (SSSR count). The second-order valence-electron chi connectivity index (χ2n) is 6.88. The fraction of sp³-hybridized carbons (Fsp3) is 0.444. The molecule has 21 heavy (non-hydrogen) atoms. The van der Waals surface area contributed by atoms with Gasteiger partial charge in [-0.3, -0.25) is 0 Å². The summed E-state index contributed by atoms with van der Waals surface area (Å²) < 4.78 is 0. The Kier molecular flexibility index (Phi) is 3.33. The third-order valence-electron chi connectivity index (χ3n) is 4.25. The lowest BCUT2D eigenvalue weighted by Crippen LogP contribution is -2.20. The number of hydrogen-bond acceptors (Lipinski definition) is 3. The van der Waals surface area contributed by atoms with Gasteiger partial charge in [0.2, 0.25) is 0 Å². The molecule has 0 spiro atoms. The van der Waals surface area contributed by atoms with Crippen LogP contribution in [0.3, 0.4) is 0 Å². The van der Waals surface area contributed by atoms with Crippen LogP contribution in [-0.2, 0) is 5.41 Å². The predicted octanol–water partition coefficient (Wildman–Crippen LogP) is 3.88. The molecule has 1 saturated heterocycles. The lowest BCUT2D eigenvalue weighted by atomic mass is 9.84. The number of nitriles is 1. The summed E-state index contributed by atoms with van der Waals surface area (Å²) in [6.07, 6.45) is 2.93. The van der Waals surface area contributed by atoms with Crippen molar-refractivity contribution in [3.63, 3.8) is 0 Å². The van der Waals surface area contributed by atoms with E-state index in [1.165, 1.54) is 16.3 Å². The molecule has 0 radical (unpaired) electrons. The van der Waals surface area contributed by atoms with Crippen LogP contribution < -0.4 is 4.90 Å². The molecule has 2 aromatic rings. The highest BCUT2D eigenvalue weighted by Crippen LogP contribution is 2.31. The minimum absolute atomic E-state index is 0.113. The predicted molar refractivity (Wildman–Crippen MR) is 86.4 cm³/mol. The normalized spacial score (nSPS) is 19.0. The van der Waals surface area contributed by atoms with E-state index in [4.69, 9.17) is 5.26 Å². The molecule has 1 aromatic heterocycles. The van der Waals surface area contributed by atoms with E-state index in [2.05, 4.69) is 61.0 Å². The summed E-state index contributed by atoms with van der Waals surface area (Å²) in [4.78, 5) is 6.87. The van der Waals surface area contributed by atoms with Gasteiger partial charge >= 0.3 is 0 Å². The molecule has 3 nitrogen and oxygen atoms in total. The number of aromatic nitrogens is 1. The van der Waals surface area contributed by atoms with Crippen LogP contribution in [0.2, 0.25) is 0 Å². The van der Waals surface area contributed by atoms with Crippen LogP contribution in [0.1, 0.15) is 32.8 Å². The minimum atomic E-state index is 0.113. The van der Waals surface area contributed by atoms with E-state index in [9.17, 15) is 0 Å². The summed E-state index contributed by atoms with van der Waals surface area (Å²) in [5, 5.41) is 11.5. The van der Waals surface area contributed by atoms with Gasteiger partial charge in [-0.2, -0.15) is 5.26 Å². The van der Waals surface area contributed by atoms with Gasteiger partial charge in [0, 0.05) is 24.7 Å². The van der Waals surface area contributed by atoms with Crippen molar-refractivity contribution in [2.24, 2.45) is 5.92 Å². The topological polar surface area (TPSA) is 39.9 Å². The standard InChI is InChI=1S/C18H21N3/c1-18(2,3)16-6-4-5-14-9-17(20-11-15(14)16)21-8-7-13(10-19)12-21/h4-6,9,11,13H,7-8,12H2,1-3H3. The molecular weight excluding hydrogens is 258 g/mol. The highest BCUT2D eigenvalue weighted by molar-refractivity contribution is 5.87. The second-order valence-corrected chi connectivity index (χ2v) is 6.88. The summed E-state index contributed by atoms with van der Waals surface area (Å²) in [7, 11) is 0. The number of anilines is 1. The van der Waals surface area contributed by atoms with Gasteiger partial charge in [0.05, 0.1) is 12.0 Å². The van der Waals surface area contributed by atoms with Crippen molar-refractivity contribution < 1.29 is 0 Å². The van der Waals surface area contributed by atoms with Gasteiger partial charge < -0.3 is 4.90 Å². The average Bonchev–Trinajstić information content (AvgIpc) is 2.94. The quantitative estimate of drug-likeness (QED) is 0.795. The van der Waals surface area contributed by atoms with Crippen LogP contribution >= 0.6 is 0 Å². The number of rotatable bonds is 1. The van der Waals surface area contributed by atoms with E-state index in [-0.39, 0.29) is 11.3 Å². The van der Waals surface area contributed by atoms with Gasteiger partial charge in [-0.05, 0) is 28.9 Å². The van der Waals surface area contributed by atoms with Gasteiger partial charge in [0.25, 0.3) is 0 Å². The zero-order valence-electron chi connectivity index (χ0n) is 12.9. The minimum Gasteiger partial charge on any atom is -0.355 e. The largest absolute Gasteiger partial charge is 0.355 e. The lowest BCUT2D eigenvalue weighted by Gasteiger charge is -2.22. The molecule has 0 aliphatic carbocycles. The van der Waals surface area contributed by atoms with Gasteiger partial charge in [-0.25, -0.2) is 4.98 Å². The van der Waals surface area contributed by atoms with E-state index in [1.54, 1.807) is 0 Å². The van der Waals surface area contributed by atoms with E-state index in [1.807, 2.05) is 6.20 Å². The van der Waals surface area contributed by atoms with E-state index in [0.29, 0.717) is 0 Å². The van der Waals surface area contributed by atoms with Gasteiger partial charge in [0.1, 0.15) is 5.82 Å². The number of pyridine rings is 1. The molecule has 1 aliphatic rings. The Morgan fingerprint density at radius 1 is 1.33 bits per heavy atom. The molecule has 0 saturated carbocycles. The Hall–Kier alpha value is -2.08. The maximum Gasteiger partial charge on any atom is 0.129 e. The Labute approximate surface area is 126 Å². The van der Waals surface area contributed by atoms with Crippen LogP contribution in [0.15, 0.2) is 30.5 Å². The molecule has 1 atom stereocenters. The molecule has 1 unspecified atom stereocenters.